The molecule has 0 saturated carbocycles. The molecule has 0 unspecified atom stereocenters. The minimum absolute atomic E-state index is 0.111. The number of carbonyl (C=O) groups excluding carboxylic acids is 1. The van der Waals surface area contributed by atoms with E-state index in [9.17, 15) is 13.6 Å². The first-order valence-corrected chi connectivity index (χ1v) is 9.53. The van der Waals surface area contributed by atoms with Crippen LogP contribution in [0.1, 0.15) is 18.8 Å². The van der Waals surface area contributed by atoms with Crippen LogP contribution in [0.4, 0.5) is 8.78 Å². The molecule has 9 heteroatoms. The summed E-state index contributed by atoms with van der Waals surface area (Å²) in [7, 11) is 0. The van der Waals surface area contributed by atoms with Crippen LogP contribution in [0.5, 0.6) is 0 Å². The normalized spacial score (nSPS) is 12.7. The van der Waals surface area contributed by atoms with Crippen molar-refractivity contribution in [1.82, 2.24) is 24.8 Å². The number of hydrogen-bond acceptors (Lipinski definition) is 4. The topological polar surface area (TPSA) is 75.6 Å². The molecule has 0 radical (unpaired) electrons. The molecule has 0 aliphatic rings. The van der Waals surface area contributed by atoms with Crippen LogP contribution in [-0.4, -0.2) is 31.2 Å². The quantitative estimate of drug-likeness (QED) is 0.477. The van der Waals surface area contributed by atoms with E-state index >= 15 is 0 Å². The Bertz CT molecular complexity index is 1110. The first-order valence-electron chi connectivity index (χ1n) is 8.65. The van der Waals surface area contributed by atoms with E-state index in [1.165, 1.54) is 4.57 Å². The van der Waals surface area contributed by atoms with Crippen LogP contribution < -0.4 is 5.32 Å². The molecule has 28 heavy (non-hydrogen) atoms. The number of halogens is 2. The number of nitrogens with zero attached hydrogens (tertiary/aromatic N) is 3. The van der Waals surface area contributed by atoms with Gasteiger partial charge in [0.05, 0.1) is 28.1 Å². The summed E-state index contributed by atoms with van der Waals surface area (Å²) in [6.07, 6.45) is 0. The van der Waals surface area contributed by atoms with E-state index in [0.717, 1.165) is 11.0 Å². The highest BCUT2D eigenvalue weighted by atomic mass is 32.2. The highest BCUT2D eigenvalue weighted by Crippen LogP contribution is 2.28. The Morgan fingerprint density at radius 3 is 2.61 bits per heavy atom. The standard InChI is InChI=1S/C19H17F2N5OS/c1-11(17-23-12-6-2-3-7-13(12)24-17)22-16(27)10-26-15-9-5-4-8-14(15)25-19(26)28-18(20)21/h2-9,11,18H,10H2,1H3,(H,22,27)(H,23,24)/t11-/m0/s1. The lowest BCUT2D eigenvalue weighted by molar-refractivity contribution is -0.122. The molecule has 4 rings (SSSR count). The van der Waals surface area contributed by atoms with Crippen molar-refractivity contribution in [1.29, 1.82) is 0 Å². The van der Waals surface area contributed by atoms with Crippen LogP contribution >= 0.6 is 11.8 Å². The molecule has 0 bridgehead atoms. The van der Waals surface area contributed by atoms with Gasteiger partial charge >= 0.3 is 0 Å². The fourth-order valence-electron chi connectivity index (χ4n) is 3.05. The Hall–Kier alpha value is -2.94. The fraction of sp³-hybridized carbons (Fsp3) is 0.211. The zero-order valence-electron chi connectivity index (χ0n) is 14.9. The number of para-hydroxylation sites is 4. The van der Waals surface area contributed by atoms with Gasteiger partial charge in [0, 0.05) is 0 Å². The monoisotopic (exact) mass is 401 g/mol. The third-order valence-corrected chi connectivity index (χ3v) is 5.01. The summed E-state index contributed by atoms with van der Waals surface area (Å²) in [6, 6.07) is 14.3. The van der Waals surface area contributed by atoms with Crippen molar-refractivity contribution in [2.75, 3.05) is 0 Å². The fourth-order valence-corrected chi connectivity index (χ4v) is 3.65. The minimum Gasteiger partial charge on any atom is -0.345 e. The largest absolute Gasteiger partial charge is 0.345 e. The van der Waals surface area contributed by atoms with Gasteiger partial charge in [0.1, 0.15) is 12.4 Å². The van der Waals surface area contributed by atoms with Crippen LogP contribution in [0, 0.1) is 0 Å². The summed E-state index contributed by atoms with van der Waals surface area (Å²) in [5, 5.41) is 2.98. The molecular formula is C19H17F2N5OS. The molecular weight excluding hydrogens is 384 g/mol. The third-order valence-electron chi connectivity index (χ3n) is 4.31. The number of amides is 1. The SMILES string of the molecule is C[C@H](NC(=O)Cn1c(SC(F)F)nc2ccccc21)c1nc2ccccc2[nH]1. The Balaban J connectivity index is 1.54. The lowest BCUT2D eigenvalue weighted by Crippen LogP contribution is -2.30. The van der Waals surface area contributed by atoms with Crippen molar-refractivity contribution in [2.24, 2.45) is 0 Å². The van der Waals surface area contributed by atoms with Gasteiger partial charge < -0.3 is 14.9 Å². The Kier molecular flexibility index (Phi) is 4.99. The summed E-state index contributed by atoms with van der Waals surface area (Å²) < 4.78 is 27.3. The smallest absolute Gasteiger partial charge is 0.291 e. The number of imidazole rings is 2. The molecule has 0 fully saturated rings. The average molecular weight is 401 g/mol. The molecule has 2 aromatic heterocycles. The molecule has 0 saturated heterocycles. The molecule has 144 valence electrons. The zero-order valence-corrected chi connectivity index (χ0v) is 15.7. The van der Waals surface area contributed by atoms with E-state index in [-0.39, 0.29) is 23.7 Å². The molecule has 0 aliphatic carbocycles. The van der Waals surface area contributed by atoms with E-state index in [1.54, 1.807) is 24.3 Å². The maximum atomic E-state index is 12.9. The number of thioether (sulfide) groups is 1. The number of nitrogens with one attached hydrogen (secondary N) is 2. The molecule has 2 N–H and O–H groups in total. The molecule has 2 heterocycles. The molecule has 0 spiro atoms. The van der Waals surface area contributed by atoms with Gasteiger partial charge in [0.15, 0.2) is 5.16 Å². The van der Waals surface area contributed by atoms with Crippen LogP contribution in [0.15, 0.2) is 53.7 Å². The van der Waals surface area contributed by atoms with Gasteiger partial charge in [-0.2, -0.15) is 8.78 Å². The first-order chi connectivity index (χ1) is 13.5. The summed E-state index contributed by atoms with van der Waals surface area (Å²) in [5.41, 5.74) is 2.91. The number of alkyl halides is 2. The van der Waals surface area contributed by atoms with Crippen LogP contribution in [0.25, 0.3) is 22.1 Å². The van der Waals surface area contributed by atoms with Crippen molar-refractivity contribution >= 4 is 39.7 Å². The third kappa shape index (κ3) is 3.70. The van der Waals surface area contributed by atoms with Crippen molar-refractivity contribution in [2.45, 2.75) is 30.4 Å². The number of benzene rings is 2. The van der Waals surface area contributed by atoms with Crippen molar-refractivity contribution in [3.8, 4) is 0 Å². The molecule has 2 aromatic carbocycles. The lowest BCUT2D eigenvalue weighted by Gasteiger charge is -2.13. The molecule has 1 amide bonds. The molecule has 1 atom stereocenters. The summed E-state index contributed by atoms with van der Waals surface area (Å²) in [5.74, 6) is -2.30. The van der Waals surface area contributed by atoms with E-state index < -0.39 is 5.76 Å². The zero-order chi connectivity index (χ0) is 19.7. The Morgan fingerprint density at radius 2 is 1.86 bits per heavy atom. The summed E-state index contributed by atoms with van der Waals surface area (Å²) >= 11 is 0.331. The second-order valence-electron chi connectivity index (χ2n) is 6.28. The minimum atomic E-state index is -2.62. The maximum Gasteiger partial charge on any atom is 0.291 e. The molecule has 6 nitrogen and oxygen atoms in total. The van der Waals surface area contributed by atoms with E-state index in [2.05, 4.69) is 20.3 Å². The molecule has 4 aromatic rings. The van der Waals surface area contributed by atoms with E-state index in [4.69, 9.17) is 0 Å². The number of fused-ring (bicyclic) bond motifs is 2. The predicted octanol–water partition coefficient (Wildman–Crippen LogP) is 4.10. The molecule has 0 aliphatic heterocycles. The highest BCUT2D eigenvalue weighted by molar-refractivity contribution is 7.99. The first kappa shape index (κ1) is 18.4. The van der Waals surface area contributed by atoms with E-state index in [1.807, 2.05) is 31.2 Å². The van der Waals surface area contributed by atoms with Gasteiger partial charge in [-0.05, 0) is 43.0 Å². The van der Waals surface area contributed by atoms with Crippen molar-refractivity contribution in [3.05, 3.63) is 54.4 Å². The van der Waals surface area contributed by atoms with Crippen LogP contribution in [0.2, 0.25) is 0 Å². The van der Waals surface area contributed by atoms with Gasteiger partial charge in [-0.25, -0.2) is 9.97 Å². The van der Waals surface area contributed by atoms with Crippen molar-refractivity contribution < 1.29 is 13.6 Å². The van der Waals surface area contributed by atoms with Gasteiger partial charge in [-0.3, -0.25) is 4.79 Å². The number of aromatic nitrogens is 4. The van der Waals surface area contributed by atoms with Gasteiger partial charge in [-0.1, -0.05) is 24.3 Å². The van der Waals surface area contributed by atoms with Gasteiger partial charge in [0.25, 0.3) is 5.76 Å². The number of carbonyl (C=O) groups is 1. The van der Waals surface area contributed by atoms with Crippen molar-refractivity contribution in [3.63, 3.8) is 0 Å². The van der Waals surface area contributed by atoms with Gasteiger partial charge in [0.2, 0.25) is 5.91 Å². The second-order valence-corrected chi connectivity index (χ2v) is 7.23. The van der Waals surface area contributed by atoms with Crippen LogP contribution in [0.3, 0.4) is 0 Å². The van der Waals surface area contributed by atoms with Gasteiger partial charge in [-0.15, -0.1) is 0 Å². The lowest BCUT2D eigenvalue weighted by atomic mass is 10.3. The second kappa shape index (κ2) is 7.59. The Labute approximate surface area is 163 Å². The summed E-state index contributed by atoms with van der Waals surface area (Å²) in [4.78, 5) is 24.5. The number of H-pyrrole nitrogens is 1. The highest BCUT2D eigenvalue weighted by Gasteiger charge is 2.19. The predicted molar refractivity (Wildman–Crippen MR) is 104 cm³/mol. The van der Waals surface area contributed by atoms with E-state index in [0.29, 0.717) is 28.6 Å². The number of hydrogen-bond donors (Lipinski definition) is 2. The maximum absolute atomic E-state index is 12.9. The van der Waals surface area contributed by atoms with Crippen LogP contribution in [-0.2, 0) is 11.3 Å². The average Bonchev–Trinajstić information content (AvgIpc) is 3.23. The Morgan fingerprint density at radius 1 is 1.14 bits per heavy atom. The number of aromatic amines is 1. The number of rotatable bonds is 6. The summed E-state index contributed by atoms with van der Waals surface area (Å²) in [6.45, 7) is 1.70.